The van der Waals surface area contributed by atoms with Crippen LogP contribution in [0.2, 0.25) is 0 Å². The summed E-state index contributed by atoms with van der Waals surface area (Å²) in [5, 5.41) is 6.33. The summed E-state index contributed by atoms with van der Waals surface area (Å²) in [6.45, 7) is 9.95. The van der Waals surface area contributed by atoms with Gasteiger partial charge in [-0.05, 0) is 19.3 Å². The largest absolute Gasteiger partial charge is 0.381 e. The topological polar surface area (TPSA) is 66.0 Å². The van der Waals surface area contributed by atoms with Crippen LogP contribution < -0.4 is 10.6 Å². The second-order valence-electron chi connectivity index (χ2n) is 5.55. The average Bonchev–Trinajstić information content (AvgIpc) is 2.41. The van der Waals surface area contributed by atoms with Crippen molar-refractivity contribution in [2.75, 3.05) is 46.9 Å². The van der Waals surface area contributed by atoms with E-state index < -0.39 is 0 Å². The number of rotatable bonds is 10. The summed E-state index contributed by atoms with van der Waals surface area (Å²) in [6, 6.07) is 0. The molecular weight excluding hydrogens is 395 g/mol. The molecule has 0 fully saturated rings. The van der Waals surface area contributed by atoms with Gasteiger partial charge in [0.25, 0.3) is 0 Å². The van der Waals surface area contributed by atoms with Gasteiger partial charge in [0.2, 0.25) is 5.91 Å². The number of ether oxygens (including phenoxy) is 1. The number of halogens is 1. The van der Waals surface area contributed by atoms with Gasteiger partial charge in [0.05, 0.1) is 0 Å². The van der Waals surface area contributed by atoms with Crippen molar-refractivity contribution in [3.05, 3.63) is 0 Å². The number of nitrogens with one attached hydrogen (secondary N) is 2. The summed E-state index contributed by atoms with van der Waals surface area (Å²) >= 11 is 0. The van der Waals surface area contributed by atoms with Gasteiger partial charge < -0.3 is 20.3 Å². The standard InChI is InChI=1S/C15H32N4O2.HI/c1-6-16-15(18-10-8-14(20)19(4)5)17-9-7-11-21-12-13(2)3;/h13H,6-12H2,1-5H3,(H2,16,17,18);1H. The van der Waals surface area contributed by atoms with Crippen LogP contribution >= 0.6 is 24.0 Å². The van der Waals surface area contributed by atoms with Crippen LogP contribution in [0.5, 0.6) is 0 Å². The molecule has 0 aliphatic heterocycles. The zero-order chi connectivity index (χ0) is 16.1. The second kappa shape index (κ2) is 15.3. The highest BCUT2D eigenvalue weighted by Gasteiger charge is 2.04. The lowest BCUT2D eigenvalue weighted by Crippen LogP contribution is -2.39. The Kier molecular flexibility index (Phi) is 16.5. The molecule has 0 saturated heterocycles. The Morgan fingerprint density at radius 3 is 2.50 bits per heavy atom. The van der Waals surface area contributed by atoms with E-state index in [-0.39, 0.29) is 29.9 Å². The Balaban J connectivity index is 0. The molecule has 0 rings (SSSR count). The van der Waals surface area contributed by atoms with Crippen molar-refractivity contribution in [3.63, 3.8) is 0 Å². The first-order valence-corrected chi connectivity index (χ1v) is 7.77. The van der Waals surface area contributed by atoms with Crippen molar-refractivity contribution in [3.8, 4) is 0 Å². The predicted octanol–water partition coefficient (Wildman–Crippen LogP) is 1.70. The van der Waals surface area contributed by atoms with E-state index in [0.29, 0.717) is 18.9 Å². The molecule has 0 aliphatic rings. The molecule has 0 spiro atoms. The number of carbonyl (C=O) groups is 1. The van der Waals surface area contributed by atoms with Crippen LogP contribution in [-0.2, 0) is 9.53 Å². The van der Waals surface area contributed by atoms with Crippen LogP contribution in [0.15, 0.2) is 4.99 Å². The highest BCUT2D eigenvalue weighted by molar-refractivity contribution is 14.0. The predicted molar refractivity (Wildman–Crippen MR) is 103 cm³/mol. The maximum atomic E-state index is 11.5. The van der Waals surface area contributed by atoms with E-state index in [4.69, 9.17) is 4.74 Å². The summed E-state index contributed by atoms with van der Waals surface area (Å²) < 4.78 is 5.52. The molecule has 7 heteroatoms. The van der Waals surface area contributed by atoms with Gasteiger partial charge in [-0.2, -0.15) is 0 Å². The number of guanidine groups is 1. The molecule has 0 bridgehead atoms. The normalized spacial score (nSPS) is 11.1. The number of carbonyl (C=O) groups excluding carboxylic acids is 1. The van der Waals surface area contributed by atoms with Crippen molar-refractivity contribution >= 4 is 35.8 Å². The van der Waals surface area contributed by atoms with Gasteiger partial charge in [0, 0.05) is 53.4 Å². The van der Waals surface area contributed by atoms with E-state index in [1.807, 2.05) is 6.92 Å². The molecule has 1 amide bonds. The highest BCUT2D eigenvalue weighted by Crippen LogP contribution is 1.93. The lowest BCUT2D eigenvalue weighted by Gasteiger charge is -2.13. The number of nitrogens with zero attached hydrogens (tertiary/aromatic N) is 2. The minimum atomic E-state index is 0. The van der Waals surface area contributed by atoms with E-state index in [2.05, 4.69) is 29.5 Å². The SMILES string of the molecule is CCNC(=NCCCOCC(C)C)NCCC(=O)N(C)C.I. The van der Waals surface area contributed by atoms with Crippen LogP contribution in [0.4, 0.5) is 0 Å². The summed E-state index contributed by atoms with van der Waals surface area (Å²) in [7, 11) is 3.53. The molecule has 0 aromatic carbocycles. The maximum Gasteiger partial charge on any atom is 0.223 e. The van der Waals surface area contributed by atoms with Gasteiger partial charge in [0.15, 0.2) is 5.96 Å². The fourth-order valence-electron chi connectivity index (χ4n) is 1.53. The fourth-order valence-corrected chi connectivity index (χ4v) is 1.53. The van der Waals surface area contributed by atoms with Crippen LogP contribution in [0.1, 0.15) is 33.6 Å². The zero-order valence-corrected chi connectivity index (χ0v) is 17.0. The van der Waals surface area contributed by atoms with Crippen molar-refractivity contribution in [2.24, 2.45) is 10.9 Å². The van der Waals surface area contributed by atoms with E-state index in [1.165, 1.54) is 0 Å². The molecule has 0 atom stereocenters. The molecule has 0 radical (unpaired) electrons. The lowest BCUT2D eigenvalue weighted by atomic mass is 10.2. The van der Waals surface area contributed by atoms with Crippen molar-refractivity contribution < 1.29 is 9.53 Å². The molecule has 0 heterocycles. The molecule has 0 unspecified atom stereocenters. The summed E-state index contributed by atoms with van der Waals surface area (Å²) in [6.07, 6.45) is 1.37. The van der Waals surface area contributed by atoms with Crippen LogP contribution in [0.3, 0.4) is 0 Å². The average molecular weight is 428 g/mol. The molecule has 6 nitrogen and oxygen atoms in total. The smallest absolute Gasteiger partial charge is 0.223 e. The second-order valence-corrected chi connectivity index (χ2v) is 5.55. The molecule has 0 aliphatic carbocycles. The third-order valence-corrected chi connectivity index (χ3v) is 2.64. The van der Waals surface area contributed by atoms with Crippen LogP contribution in [0, 0.1) is 5.92 Å². The summed E-state index contributed by atoms with van der Waals surface area (Å²) in [5.41, 5.74) is 0. The number of amides is 1. The minimum absolute atomic E-state index is 0. The Bertz CT molecular complexity index is 310. The van der Waals surface area contributed by atoms with E-state index >= 15 is 0 Å². The van der Waals surface area contributed by atoms with Gasteiger partial charge in [-0.3, -0.25) is 9.79 Å². The Hall–Kier alpha value is -0.570. The number of aliphatic imine (C=N–C) groups is 1. The zero-order valence-electron chi connectivity index (χ0n) is 14.6. The quantitative estimate of drug-likeness (QED) is 0.241. The Morgan fingerprint density at radius 1 is 1.27 bits per heavy atom. The molecule has 2 N–H and O–H groups in total. The molecule has 22 heavy (non-hydrogen) atoms. The van der Waals surface area contributed by atoms with Crippen molar-refractivity contribution in [1.29, 1.82) is 0 Å². The van der Waals surface area contributed by atoms with Crippen molar-refractivity contribution in [1.82, 2.24) is 15.5 Å². The molecular formula is C15H33IN4O2. The maximum absolute atomic E-state index is 11.5. The van der Waals surface area contributed by atoms with E-state index in [0.717, 1.165) is 38.7 Å². The van der Waals surface area contributed by atoms with Crippen LogP contribution in [-0.4, -0.2) is 63.7 Å². The molecule has 0 saturated carbocycles. The molecule has 0 aromatic rings. The number of hydrogen-bond donors (Lipinski definition) is 2. The summed E-state index contributed by atoms with van der Waals surface area (Å²) in [4.78, 5) is 17.5. The Morgan fingerprint density at radius 2 is 1.95 bits per heavy atom. The fraction of sp³-hybridized carbons (Fsp3) is 0.867. The van der Waals surface area contributed by atoms with Gasteiger partial charge in [-0.25, -0.2) is 0 Å². The van der Waals surface area contributed by atoms with Crippen LogP contribution in [0.25, 0.3) is 0 Å². The molecule has 132 valence electrons. The van der Waals surface area contributed by atoms with Gasteiger partial charge in [0.1, 0.15) is 0 Å². The van der Waals surface area contributed by atoms with Gasteiger partial charge >= 0.3 is 0 Å². The Labute approximate surface area is 152 Å². The molecule has 0 aromatic heterocycles. The first-order chi connectivity index (χ1) is 9.97. The minimum Gasteiger partial charge on any atom is -0.381 e. The lowest BCUT2D eigenvalue weighted by molar-refractivity contribution is -0.128. The third kappa shape index (κ3) is 14.4. The van der Waals surface area contributed by atoms with Gasteiger partial charge in [-0.15, -0.1) is 24.0 Å². The number of hydrogen-bond acceptors (Lipinski definition) is 3. The van der Waals surface area contributed by atoms with Gasteiger partial charge in [-0.1, -0.05) is 13.8 Å². The van der Waals surface area contributed by atoms with Crippen molar-refractivity contribution in [2.45, 2.75) is 33.6 Å². The van der Waals surface area contributed by atoms with E-state index in [9.17, 15) is 4.79 Å². The first kappa shape index (κ1) is 23.7. The monoisotopic (exact) mass is 428 g/mol. The third-order valence-electron chi connectivity index (χ3n) is 2.64. The highest BCUT2D eigenvalue weighted by atomic mass is 127. The van der Waals surface area contributed by atoms with E-state index in [1.54, 1.807) is 19.0 Å². The summed E-state index contributed by atoms with van der Waals surface area (Å²) in [5.74, 6) is 1.44. The first-order valence-electron chi connectivity index (χ1n) is 7.77.